The molecule has 22 heavy (non-hydrogen) atoms. The lowest BCUT2D eigenvalue weighted by molar-refractivity contribution is -0.141. The van der Waals surface area contributed by atoms with Crippen molar-refractivity contribution < 1.29 is 13.2 Å². The van der Waals surface area contributed by atoms with Crippen molar-refractivity contribution >= 4 is 22.9 Å². The molecule has 0 aliphatic heterocycles. The first-order valence-electron chi connectivity index (χ1n) is 6.29. The highest BCUT2D eigenvalue weighted by molar-refractivity contribution is 7.11. The first kappa shape index (κ1) is 14.7. The number of hydrogen-bond acceptors (Lipinski definition) is 6. The molecule has 0 saturated carbocycles. The molecule has 0 aromatic carbocycles. The van der Waals surface area contributed by atoms with Gasteiger partial charge in [-0.15, -0.1) is 11.3 Å². The van der Waals surface area contributed by atoms with Crippen LogP contribution in [0.4, 0.5) is 19.0 Å². The zero-order valence-corrected chi connectivity index (χ0v) is 12.5. The highest BCUT2D eigenvalue weighted by atomic mass is 32.1. The van der Waals surface area contributed by atoms with Crippen LogP contribution in [0.5, 0.6) is 0 Å². The van der Waals surface area contributed by atoms with E-state index in [0.29, 0.717) is 6.54 Å². The topological polar surface area (TPSA) is 68.0 Å². The molecule has 3 heterocycles. The van der Waals surface area contributed by atoms with E-state index >= 15 is 0 Å². The van der Waals surface area contributed by atoms with Gasteiger partial charge in [-0.25, -0.2) is 9.97 Å². The Morgan fingerprint density at radius 1 is 1.27 bits per heavy atom. The maximum Gasteiger partial charge on any atom is 0.433 e. The van der Waals surface area contributed by atoms with E-state index in [-0.39, 0.29) is 11.6 Å². The van der Waals surface area contributed by atoms with Gasteiger partial charge in [0.2, 0.25) is 0 Å². The molecular formula is C12H11F3N6S. The SMILES string of the molecule is Cc1nc(CNc2cc(C(F)(F)F)nc3ncnn23)c(C)s1. The van der Waals surface area contributed by atoms with E-state index in [9.17, 15) is 13.2 Å². The lowest BCUT2D eigenvalue weighted by Gasteiger charge is -2.11. The van der Waals surface area contributed by atoms with Gasteiger partial charge in [-0.2, -0.15) is 27.8 Å². The Hall–Kier alpha value is -2.23. The Balaban J connectivity index is 1.95. The van der Waals surface area contributed by atoms with Crippen LogP contribution in [0, 0.1) is 13.8 Å². The minimum atomic E-state index is -4.54. The molecule has 0 saturated heterocycles. The summed E-state index contributed by atoms with van der Waals surface area (Å²) in [6, 6.07) is 0.913. The summed E-state index contributed by atoms with van der Waals surface area (Å²) >= 11 is 1.54. The summed E-state index contributed by atoms with van der Waals surface area (Å²) in [6.07, 6.45) is -3.39. The van der Waals surface area contributed by atoms with Crippen LogP contribution >= 0.6 is 11.3 Å². The third kappa shape index (κ3) is 2.73. The van der Waals surface area contributed by atoms with Gasteiger partial charge >= 0.3 is 6.18 Å². The monoisotopic (exact) mass is 328 g/mol. The second-order valence-electron chi connectivity index (χ2n) is 4.59. The lowest BCUT2D eigenvalue weighted by Crippen LogP contribution is -2.13. The molecular weight excluding hydrogens is 317 g/mol. The summed E-state index contributed by atoms with van der Waals surface area (Å²) in [7, 11) is 0. The van der Waals surface area contributed by atoms with Crippen molar-refractivity contribution in [3.8, 4) is 0 Å². The van der Waals surface area contributed by atoms with Crippen LogP contribution in [-0.2, 0) is 12.7 Å². The second kappa shape index (κ2) is 5.20. The van der Waals surface area contributed by atoms with Crippen molar-refractivity contribution in [2.45, 2.75) is 26.6 Å². The fourth-order valence-electron chi connectivity index (χ4n) is 1.99. The number of halogens is 3. The lowest BCUT2D eigenvalue weighted by atomic mass is 10.3. The van der Waals surface area contributed by atoms with Crippen LogP contribution in [0.25, 0.3) is 5.78 Å². The standard InChI is InChI=1S/C12H11F3N6S/c1-6-8(19-7(2)22-6)4-16-10-3-9(12(13,14)15)20-11-17-5-18-21(10)11/h3,5,16H,4H2,1-2H3. The third-order valence-electron chi connectivity index (χ3n) is 2.98. The highest BCUT2D eigenvalue weighted by Gasteiger charge is 2.34. The number of fused-ring (bicyclic) bond motifs is 1. The molecule has 0 unspecified atom stereocenters. The number of nitrogens with one attached hydrogen (secondary N) is 1. The summed E-state index contributed by atoms with van der Waals surface area (Å²) < 4.78 is 39.8. The van der Waals surface area contributed by atoms with Gasteiger partial charge in [-0.1, -0.05) is 0 Å². The van der Waals surface area contributed by atoms with E-state index in [1.54, 1.807) is 0 Å². The van der Waals surface area contributed by atoms with Crippen LogP contribution in [0.1, 0.15) is 21.3 Å². The fraction of sp³-hybridized carbons (Fsp3) is 0.333. The van der Waals surface area contributed by atoms with E-state index in [2.05, 4.69) is 25.4 Å². The Morgan fingerprint density at radius 3 is 2.68 bits per heavy atom. The Labute approximate surface area is 127 Å². The zero-order valence-electron chi connectivity index (χ0n) is 11.6. The number of aryl methyl sites for hydroxylation is 2. The number of anilines is 1. The largest absolute Gasteiger partial charge is 0.433 e. The molecule has 0 bridgehead atoms. The zero-order chi connectivity index (χ0) is 15.9. The number of nitrogens with zero attached hydrogens (tertiary/aromatic N) is 5. The van der Waals surface area contributed by atoms with Crippen molar-refractivity contribution in [2.75, 3.05) is 5.32 Å². The number of hydrogen-bond donors (Lipinski definition) is 1. The van der Waals surface area contributed by atoms with Crippen LogP contribution < -0.4 is 5.32 Å². The number of alkyl halides is 3. The molecule has 1 N–H and O–H groups in total. The van der Waals surface area contributed by atoms with Gasteiger partial charge in [0, 0.05) is 10.9 Å². The molecule has 0 radical (unpaired) electrons. The summed E-state index contributed by atoms with van der Waals surface area (Å²) in [5, 5.41) is 7.71. The number of thiazole rings is 1. The van der Waals surface area contributed by atoms with Crippen LogP contribution in [0.2, 0.25) is 0 Å². The molecule has 0 spiro atoms. The molecule has 0 amide bonds. The van der Waals surface area contributed by atoms with Gasteiger partial charge in [0.15, 0.2) is 5.69 Å². The summed E-state index contributed by atoms with van der Waals surface area (Å²) in [5.41, 5.74) is -0.220. The van der Waals surface area contributed by atoms with Gasteiger partial charge in [0.05, 0.1) is 17.2 Å². The first-order chi connectivity index (χ1) is 10.3. The van der Waals surface area contributed by atoms with Gasteiger partial charge in [-0.05, 0) is 13.8 Å². The fourth-order valence-corrected chi connectivity index (χ4v) is 2.83. The average Bonchev–Trinajstić information content (AvgIpc) is 3.01. The minimum absolute atomic E-state index is 0.108. The molecule has 10 heteroatoms. The quantitative estimate of drug-likeness (QED) is 0.801. The van der Waals surface area contributed by atoms with Crippen molar-refractivity contribution in [1.82, 2.24) is 24.6 Å². The molecule has 0 fully saturated rings. The van der Waals surface area contributed by atoms with E-state index in [1.807, 2.05) is 13.8 Å². The number of aromatic nitrogens is 5. The maximum absolute atomic E-state index is 12.9. The van der Waals surface area contributed by atoms with Crippen molar-refractivity contribution in [3.63, 3.8) is 0 Å². The molecule has 6 nitrogen and oxygen atoms in total. The maximum atomic E-state index is 12.9. The Kier molecular flexibility index (Phi) is 3.47. The van der Waals surface area contributed by atoms with E-state index < -0.39 is 11.9 Å². The molecule has 3 rings (SSSR count). The number of rotatable bonds is 3. The third-order valence-corrected chi connectivity index (χ3v) is 3.91. The van der Waals surface area contributed by atoms with Gasteiger partial charge < -0.3 is 5.32 Å². The molecule has 0 aliphatic carbocycles. The Bertz CT molecular complexity index is 822. The smallest absolute Gasteiger partial charge is 0.364 e. The van der Waals surface area contributed by atoms with Crippen LogP contribution in [-0.4, -0.2) is 24.6 Å². The molecule has 0 aliphatic rings. The second-order valence-corrected chi connectivity index (χ2v) is 5.99. The Morgan fingerprint density at radius 2 is 2.05 bits per heavy atom. The highest BCUT2D eigenvalue weighted by Crippen LogP contribution is 2.29. The molecule has 0 atom stereocenters. The molecule has 116 valence electrons. The van der Waals surface area contributed by atoms with Crippen LogP contribution in [0.15, 0.2) is 12.4 Å². The minimum Gasteiger partial charge on any atom is -0.364 e. The average molecular weight is 328 g/mol. The van der Waals surface area contributed by atoms with E-state index in [4.69, 9.17) is 0 Å². The van der Waals surface area contributed by atoms with Crippen molar-refractivity contribution in [3.05, 3.63) is 33.7 Å². The van der Waals surface area contributed by atoms with Gasteiger partial charge in [-0.3, -0.25) is 0 Å². The summed E-state index contributed by atoms with van der Waals surface area (Å²) in [5.74, 6) is 0.0587. The molecule has 3 aromatic heterocycles. The van der Waals surface area contributed by atoms with Crippen molar-refractivity contribution in [1.29, 1.82) is 0 Å². The van der Waals surface area contributed by atoms with Crippen LogP contribution in [0.3, 0.4) is 0 Å². The summed E-state index contributed by atoms with van der Waals surface area (Å²) in [4.78, 5) is 12.5. The normalized spacial score (nSPS) is 12.0. The van der Waals surface area contributed by atoms with E-state index in [0.717, 1.165) is 28.0 Å². The van der Waals surface area contributed by atoms with Gasteiger partial charge in [0.1, 0.15) is 12.1 Å². The van der Waals surface area contributed by atoms with Gasteiger partial charge in [0.25, 0.3) is 5.78 Å². The first-order valence-corrected chi connectivity index (χ1v) is 7.11. The predicted molar refractivity (Wildman–Crippen MR) is 74.7 cm³/mol. The van der Waals surface area contributed by atoms with E-state index in [1.165, 1.54) is 15.9 Å². The predicted octanol–water partition coefficient (Wildman–Crippen LogP) is 2.83. The molecule has 3 aromatic rings. The summed E-state index contributed by atoms with van der Waals surface area (Å²) in [6.45, 7) is 4.10. The van der Waals surface area contributed by atoms with Crippen molar-refractivity contribution in [2.24, 2.45) is 0 Å².